The Hall–Kier alpha value is -0.630. The molecule has 0 spiro atoms. The summed E-state index contributed by atoms with van der Waals surface area (Å²) in [5.41, 5.74) is -0.303. The molecule has 2 unspecified atom stereocenters. The van der Waals surface area contributed by atoms with Gasteiger partial charge in [0.2, 0.25) is 0 Å². The maximum absolute atomic E-state index is 9.54. The number of hydrogen-bond acceptors (Lipinski definition) is 4. The molecule has 0 aromatic heterocycles. The van der Waals surface area contributed by atoms with E-state index in [1.807, 2.05) is 0 Å². The number of nitriles is 1. The van der Waals surface area contributed by atoms with E-state index in [0.29, 0.717) is 12.0 Å². The molecular weight excluding hydrogens is 250 g/mol. The van der Waals surface area contributed by atoms with Gasteiger partial charge in [0.15, 0.2) is 0 Å². The number of methoxy groups -OCH3 is 1. The summed E-state index contributed by atoms with van der Waals surface area (Å²) in [7, 11) is 1.75. The molecule has 1 saturated carbocycles. The van der Waals surface area contributed by atoms with Crippen LogP contribution < -0.4 is 5.32 Å². The zero-order valence-electron chi connectivity index (χ0n) is 13.6. The van der Waals surface area contributed by atoms with Crippen LogP contribution in [0.5, 0.6) is 0 Å². The quantitative estimate of drug-likeness (QED) is 0.705. The summed E-state index contributed by atoms with van der Waals surface area (Å²) in [5, 5.41) is 13.0. The van der Waals surface area contributed by atoms with Gasteiger partial charge in [0.1, 0.15) is 5.54 Å². The van der Waals surface area contributed by atoms with Gasteiger partial charge in [-0.25, -0.2) is 0 Å². The van der Waals surface area contributed by atoms with Gasteiger partial charge in [-0.2, -0.15) is 5.26 Å². The first-order chi connectivity index (χ1) is 9.56. The standard InChI is InChI=1S/C16H31N3O/c1-5-8-18-16(13-17)7-6-15(11-16)19(9-10-20-4)12-14(2)3/h14-15,18H,5-12H2,1-4H3. The third-order valence-corrected chi connectivity index (χ3v) is 4.11. The van der Waals surface area contributed by atoms with E-state index in [1.54, 1.807) is 7.11 Å². The van der Waals surface area contributed by atoms with Crippen LogP contribution in [0.15, 0.2) is 0 Å². The van der Waals surface area contributed by atoms with Gasteiger partial charge in [0.25, 0.3) is 0 Å². The van der Waals surface area contributed by atoms with Crippen molar-refractivity contribution in [2.45, 2.75) is 58.0 Å². The van der Waals surface area contributed by atoms with E-state index in [2.05, 4.69) is 37.1 Å². The maximum atomic E-state index is 9.54. The number of rotatable bonds is 9. The van der Waals surface area contributed by atoms with Gasteiger partial charge in [-0.15, -0.1) is 0 Å². The molecule has 20 heavy (non-hydrogen) atoms. The van der Waals surface area contributed by atoms with Crippen molar-refractivity contribution in [2.75, 3.05) is 33.4 Å². The zero-order valence-corrected chi connectivity index (χ0v) is 13.6. The minimum atomic E-state index is -0.303. The third kappa shape index (κ3) is 5.05. The third-order valence-electron chi connectivity index (χ3n) is 4.11. The molecule has 4 heteroatoms. The van der Waals surface area contributed by atoms with Crippen molar-refractivity contribution in [3.05, 3.63) is 0 Å². The van der Waals surface area contributed by atoms with Crippen molar-refractivity contribution < 1.29 is 4.74 Å². The molecule has 0 aromatic carbocycles. The summed E-state index contributed by atoms with van der Waals surface area (Å²) in [6.07, 6.45) is 4.10. The van der Waals surface area contributed by atoms with Crippen LogP contribution in [-0.4, -0.2) is 49.8 Å². The lowest BCUT2D eigenvalue weighted by atomic mass is 9.99. The topological polar surface area (TPSA) is 48.3 Å². The van der Waals surface area contributed by atoms with Crippen molar-refractivity contribution in [3.8, 4) is 6.07 Å². The Labute approximate surface area is 124 Å². The first-order valence-electron chi connectivity index (χ1n) is 7.96. The summed E-state index contributed by atoms with van der Waals surface area (Å²) in [6, 6.07) is 3.05. The molecule has 2 atom stereocenters. The minimum Gasteiger partial charge on any atom is -0.383 e. The van der Waals surface area contributed by atoms with Gasteiger partial charge >= 0.3 is 0 Å². The number of nitrogens with zero attached hydrogens (tertiary/aromatic N) is 2. The summed E-state index contributed by atoms with van der Waals surface area (Å²) < 4.78 is 5.23. The molecule has 0 aromatic rings. The molecule has 1 rings (SSSR count). The van der Waals surface area contributed by atoms with E-state index in [1.165, 1.54) is 0 Å². The van der Waals surface area contributed by atoms with Crippen LogP contribution in [0.1, 0.15) is 46.5 Å². The molecule has 0 heterocycles. The predicted molar refractivity (Wildman–Crippen MR) is 82.6 cm³/mol. The first-order valence-corrected chi connectivity index (χ1v) is 7.96. The van der Waals surface area contributed by atoms with E-state index in [0.717, 1.165) is 51.9 Å². The van der Waals surface area contributed by atoms with E-state index in [4.69, 9.17) is 4.74 Å². The SMILES string of the molecule is CCCNC1(C#N)CCC(N(CCOC)CC(C)C)C1. The van der Waals surface area contributed by atoms with Crippen molar-refractivity contribution in [1.82, 2.24) is 10.2 Å². The van der Waals surface area contributed by atoms with Gasteiger partial charge in [-0.3, -0.25) is 10.2 Å². The summed E-state index contributed by atoms with van der Waals surface area (Å²) in [5.74, 6) is 0.646. The lowest BCUT2D eigenvalue weighted by Crippen LogP contribution is -2.45. The fourth-order valence-electron chi connectivity index (χ4n) is 3.10. The van der Waals surface area contributed by atoms with Crippen molar-refractivity contribution >= 4 is 0 Å². The Balaban J connectivity index is 2.62. The smallest absolute Gasteiger partial charge is 0.108 e. The molecule has 0 aliphatic heterocycles. The van der Waals surface area contributed by atoms with Crippen LogP contribution in [0.25, 0.3) is 0 Å². The Kier molecular flexibility index (Phi) is 7.50. The van der Waals surface area contributed by atoms with Gasteiger partial charge in [0, 0.05) is 26.2 Å². The highest BCUT2D eigenvalue weighted by atomic mass is 16.5. The minimum absolute atomic E-state index is 0.303. The van der Waals surface area contributed by atoms with Gasteiger partial charge in [-0.05, 0) is 38.1 Å². The largest absolute Gasteiger partial charge is 0.383 e. The molecule has 1 fully saturated rings. The predicted octanol–water partition coefficient (Wildman–Crippen LogP) is 2.41. The Morgan fingerprint density at radius 2 is 2.25 bits per heavy atom. The van der Waals surface area contributed by atoms with Crippen LogP contribution in [0, 0.1) is 17.2 Å². The Morgan fingerprint density at radius 3 is 2.80 bits per heavy atom. The second-order valence-corrected chi connectivity index (χ2v) is 6.40. The van der Waals surface area contributed by atoms with Gasteiger partial charge < -0.3 is 4.74 Å². The van der Waals surface area contributed by atoms with E-state index < -0.39 is 0 Å². The molecule has 116 valence electrons. The van der Waals surface area contributed by atoms with E-state index >= 15 is 0 Å². The van der Waals surface area contributed by atoms with Gasteiger partial charge in [-0.1, -0.05) is 20.8 Å². The average molecular weight is 281 g/mol. The number of ether oxygens (including phenoxy) is 1. The lowest BCUT2D eigenvalue weighted by Gasteiger charge is -2.31. The van der Waals surface area contributed by atoms with Crippen LogP contribution in [0.2, 0.25) is 0 Å². The van der Waals surface area contributed by atoms with E-state index in [9.17, 15) is 5.26 Å². The molecular formula is C16H31N3O. The number of hydrogen-bond donors (Lipinski definition) is 1. The summed E-state index contributed by atoms with van der Waals surface area (Å²) in [6.45, 7) is 10.4. The van der Waals surface area contributed by atoms with Crippen LogP contribution in [-0.2, 0) is 4.74 Å². The molecule has 1 aliphatic carbocycles. The lowest BCUT2D eigenvalue weighted by molar-refractivity contribution is 0.109. The molecule has 4 nitrogen and oxygen atoms in total. The second-order valence-electron chi connectivity index (χ2n) is 6.40. The number of nitrogens with one attached hydrogen (secondary N) is 1. The zero-order chi connectivity index (χ0) is 15.0. The first kappa shape index (κ1) is 17.4. The van der Waals surface area contributed by atoms with Crippen LogP contribution in [0.4, 0.5) is 0 Å². The second kappa shape index (κ2) is 8.61. The molecule has 1 aliphatic rings. The summed E-state index contributed by atoms with van der Waals surface area (Å²) >= 11 is 0. The fraction of sp³-hybridized carbons (Fsp3) is 0.938. The average Bonchev–Trinajstić information content (AvgIpc) is 2.86. The molecule has 0 radical (unpaired) electrons. The highest BCUT2D eigenvalue weighted by molar-refractivity contribution is 5.13. The normalized spacial score (nSPS) is 26.4. The van der Waals surface area contributed by atoms with Crippen LogP contribution in [0.3, 0.4) is 0 Å². The van der Waals surface area contributed by atoms with E-state index in [-0.39, 0.29) is 5.54 Å². The highest BCUT2D eigenvalue weighted by Crippen LogP contribution is 2.33. The molecule has 0 saturated heterocycles. The Morgan fingerprint density at radius 1 is 1.50 bits per heavy atom. The fourth-order valence-corrected chi connectivity index (χ4v) is 3.10. The van der Waals surface area contributed by atoms with Crippen molar-refractivity contribution in [3.63, 3.8) is 0 Å². The highest BCUT2D eigenvalue weighted by Gasteiger charge is 2.41. The van der Waals surface area contributed by atoms with Gasteiger partial charge in [0.05, 0.1) is 12.7 Å². The Bertz CT molecular complexity index is 313. The van der Waals surface area contributed by atoms with Crippen molar-refractivity contribution in [2.24, 2.45) is 5.92 Å². The summed E-state index contributed by atoms with van der Waals surface area (Å²) in [4.78, 5) is 2.51. The molecule has 1 N–H and O–H groups in total. The van der Waals surface area contributed by atoms with Crippen LogP contribution >= 0.6 is 0 Å². The molecule has 0 bridgehead atoms. The monoisotopic (exact) mass is 281 g/mol. The molecule has 0 amide bonds. The maximum Gasteiger partial charge on any atom is 0.108 e. The van der Waals surface area contributed by atoms with Crippen molar-refractivity contribution in [1.29, 1.82) is 5.26 Å².